The molecule has 0 saturated heterocycles. The third kappa shape index (κ3) is 2.62. The van der Waals surface area contributed by atoms with Gasteiger partial charge in [-0.05, 0) is 18.1 Å². The second kappa shape index (κ2) is 5.83. The van der Waals surface area contributed by atoms with E-state index in [1.165, 1.54) is 0 Å². The number of rotatable bonds is 5. The second-order valence-corrected chi connectivity index (χ2v) is 4.66. The van der Waals surface area contributed by atoms with Crippen molar-refractivity contribution >= 4 is 0 Å². The Hall–Kier alpha value is -1.61. The number of nitrogens with two attached hydrogens (primary N) is 1. The number of nitrogens with zero attached hydrogens (tertiary/aromatic N) is 2. The van der Waals surface area contributed by atoms with Crippen LogP contribution in [0.3, 0.4) is 0 Å². The Labute approximate surface area is 109 Å². The van der Waals surface area contributed by atoms with Gasteiger partial charge in [0.05, 0.1) is 11.9 Å². The van der Waals surface area contributed by atoms with Gasteiger partial charge in [0.25, 0.3) is 0 Å². The van der Waals surface area contributed by atoms with Crippen molar-refractivity contribution in [2.45, 2.75) is 32.7 Å². The third-order valence-corrected chi connectivity index (χ3v) is 3.56. The first-order valence-electron chi connectivity index (χ1n) is 6.61. The van der Waals surface area contributed by atoms with Crippen LogP contribution in [0, 0.1) is 5.92 Å². The molecule has 0 aliphatic rings. The SMILES string of the molecule is CCC(CC)C(N)c1cnn(-c2ccccc2)c1. The molecule has 0 aliphatic heterocycles. The number of para-hydroxylation sites is 1. The van der Waals surface area contributed by atoms with Gasteiger partial charge in [0, 0.05) is 17.8 Å². The zero-order valence-corrected chi connectivity index (χ0v) is 11.1. The van der Waals surface area contributed by atoms with E-state index in [2.05, 4.69) is 18.9 Å². The van der Waals surface area contributed by atoms with E-state index in [4.69, 9.17) is 5.73 Å². The summed E-state index contributed by atoms with van der Waals surface area (Å²) in [5.41, 5.74) is 8.49. The molecule has 1 atom stereocenters. The van der Waals surface area contributed by atoms with Gasteiger partial charge >= 0.3 is 0 Å². The predicted molar refractivity (Wildman–Crippen MR) is 74.6 cm³/mol. The Morgan fingerprint density at radius 2 is 1.83 bits per heavy atom. The van der Waals surface area contributed by atoms with Gasteiger partial charge in [0.1, 0.15) is 0 Å². The Kier molecular flexibility index (Phi) is 4.15. The smallest absolute Gasteiger partial charge is 0.0645 e. The third-order valence-electron chi connectivity index (χ3n) is 3.56. The van der Waals surface area contributed by atoms with Gasteiger partial charge in [-0.15, -0.1) is 0 Å². The van der Waals surface area contributed by atoms with E-state index in [0.717, 1.165) is 24.1 Å². The van der Waals surface area contributed by atoms with Crippen molar-refractivity contribution in [1.82, 2.24) is 9.78 Å². The van der Waals surface area contributed by atoms with Crippen molar-refractivity contribution in [2.75, 3.05) is 0 Å². The fourth-order valence-electron chi connectivity index (χ4n) is 2.30. The molecule has 2 aromatic rings. The number of benzene rings is 1. The highest BCUT2D eigenvalue weighted by Gasteiger charge is 2.17. The fraction of sp³-hybridized carbons (Fsp3) is 0.400. The predicted octanol–water partition coefficient (Wildman–Crippen LogP) is 3.31. The molecule has 18 heavy (non-hydrogen) atoms. The molecule has 1 heterocycles. The van der Waals surface area contributed by atoms with Gasteiger partial charge in [0.2, 0.25) is 0 Å². The van der Waals surface area contributed by atoms with E-state index >= 15 is 0 Å². The van der Waals surface area contributed by atoms with Crippen molar-refractivity contribution in [1.29, 1.82) is 0 Å². The van der Waals surface area contributed by atoms with Crippen LogP contribution in [-0.4, -0.2) is 9.78 Å². The largest absolute Gasteiger partial charge is 0.324 e. The summed E-state index contributed by atoms with van der Waals surface area (Å²) < 4.78 is 1.89. The molecule has 2 N–H and O–H groups in total. The van der Waals surface area contributed by atoms with E-state index < -0.39 is 0 Å². The Bertz CT molecular complexity index is 471. The summed E-state index contributed by atoms with van der Waals surface area (Å²) in [6.07, 6.45) is 6.14. The van der Waals surface area contributed by atoms with E-state index in [-0.39, 0.29) is 6.04 Å². The van der Waals surface area contributed by atoms with Gasteiger partial charge in [-0.1, -0.05) is 44.9 Å². The zero-order chi connectivity index (χ0) is 13.0. The highest BCUT2D eigenvalue weighted by Crippen LogP contribution is 2.25. The molecule has 0 fully saturated rings. The maximum absolute atomic E-state index is 6.30. The van der Waals surface area contributed by atoms with E-state index in [1.54, 1.807) is 0 Å². The molecular formula is C15H21N3. The quantitative estimate of drug-likeness (QED) is 0.875. The summed E-state index contributed by atoms with van der Waals surface area (Å²) in [7, 11) is 0. The van der Waals surface area contributed by atoms with Crippen molar-refractivity contribution < 1.29 is 0 Å². The van der Waals surface area contributed by atoms with Crippen LogP contribution in [-0.2, 0) is 0 Å². The Morgan fingerprint density at radius 1 is 1.17 bits per heavy atom. The second-order valence-electron chi connectivity index (χ2n) is 4.66. The lowest BCUT2D eigenvalue weighted by molar-refractivity contribution is 0.405. The van der Waals surface area contributed by atoms with E-state index in [1.807, 2.05) is 47.4 Å². The maximum Gasteiger partial charge on any atom is 0.0645 e. The molecular weight excluding hydrogens is 222 g/mol. The van der Waals surface area contributed by atoms with Crippen LogP contribution >= 0.6 is 0 Å². The van der Waals surface area contributed by atoms with Crippen molar-refractivity contribution in [3.8, 4) is 5.69 Å². The molecule has 0 amide bonds. The molecule has 1 aromatic heterocycles. The van der Waals surface area contributed by atoms with Crippen LogP contribution in [0.25, 0.3) is 5.69 Å². The average molecular weight is 243 g/mol. The van der Waals surface area contributed by atoms with E-state index in [9.17, 15) is 0 Å². The first kappa shape index (κ1) is 12.8. The number of hydrogen-bond donors (Lipinski definition) is 1. The normalized spacial score (nSPS) is 12.9. The van der Waals surface area contributed by atoms with Gasteiger partial charge in [-0.3, -0.25) is 0 Å². The molecule has 0 saturated carbocycles. The topological polar surface area (TPSA) is 43.8 Å². The lowest BCUT2D eigenvalue weighted by Crippen LogP contribution is -2.19. The van der Waals surface area contributed by atoms with Crippen molar-refractivity contribution in [3.63, 3.8) is 0 Å². The van der Waals surface area contributed by atoms with Gasteiger partial charge in [0.15, 0.2) is 0 Å². The van der Waals surface area contributed by atoms with Gasteiger partial charge < -0.3 is 5.73 Å². The number of hydrogen-bond acceptors (Lipinski definition) is 2. The standard InChI is InChI=1S/C15H21N3/c1-3-12(4-2)15(16)13-10-17-18(11-13)14-8-6-5-7-9-14/h5-12,15H,3-4,16H2,1-2H3. The summed E-state index contributed by atoms with van der Waals surface area (Å²) in [6.45, 7) is 4.38. The number of aromatic nitrogens is 2. The van der Waals surface area contributed by atoms with Crippen LogP contribution < -0.4 is 5.73 Å². The molecule has 0 spiro atoms. The summed E-state index contributed by atoms with van der Waals surface area (Å²) >= 11 is 0. The fourth-order valence-corrected chi connectivity index (χ4v) is 2.30. The lowest BCUT2D eigenvalue weighted by Gasteiger charge is -2.19. The average Bonchev–Trinajstić information content (AvgIpc) is 2.90. The maximum atomic E-state index is 6.30. The molecule has 0 aliphatic carbocycles. The van der Waals surface area contributed by atoms with Crippen LogP contribution in [0.4, 0.5) is 0 Å². The Balaban J connectivity index is 2.20. The van der Waals surface area contributed by atoms with E-state index in [0.29, 0.717) is 5.92 Å². The van der Waals surface area contributed by atoms with Crippen LogP contribution in [0.1, 0.15) is 38.3 Å². The lowest BCUT2D eigenvalue weighted by atomic mass is 9.91. The molecule has 0 bridgehead atoms. The first-order valence-corrected chi connectivity index (χ1v) is 6.61. The molecule has 1 unspecified atom stereocenters. The molecule has 3 heteroatoms. The zero-order valence-electron chi connectivity index (χ0n) is 11.1. The Morgan fingerprint density at radius 3 is 2.44 bits per heavy atom. The molecule has 1 aromatic carbocycles. The first-order chi connectivity index (χ1) is 8.76. The summed E-state index contributed by atoms with van der Waals surface area (Å²) in [5, 5.41) is 4.40. The monoisotopic (exact) mass is 243 g/mol. The minimum atomic E-state index is 0.0810. The highest BCUT2D eigenvalue weighted by atomic mass is 15.3. The summed E-state index contributed by atoms with van der Waals surface area (Å²) in [5.74, 6) is 0.526. The van der Waals surface area contributed by atoms with Crippen LogP contribution in [0.15, 0.2) is 42.7 Å². The highest BCUT2D eigenvalue weighted by molar-refractivity contribution is 5.31. The molecule has 3 nitrogen and oxygen atoms in total. The summed E-state index contributed by atoms with van der Waals surface area (Å²) in [6, 6.07) is 10.2. The van der Waals surface area contributed by atoms with Crippen molar-refractivity contribution in [3.05, 3.63) is 48.3 Å². The minimum Gasteiger partial charge on any atom is -0.324 e. The summed E-state index contributed by atoms with van der Waals surface area (Å²) in [4.78, 5) is 0. The molecule has 2 rings (SSSR count). The van der Waals surface area contributed by atoms with Crippen LogP contribution in [0.5, 0.6) is 0 Å². The van der Waals surface area contributed by atoms with Gasteiger partial charge in [-0.25, -0.2) is 4.68 Å². The molecule has 96 valence electrons. The van der Waals surface area contributed by atoms with Crippen molar-refractivity contribution in [2.24, 2.45) is 11.7 Å². The van der Waals surface area contributed by atoms with Gasteiger partial charge in [-0.2, -0.15) is 5.10 Å². The molecule has 0 radical (unpaired) electrons. The minimum absolute atomic E-state index is 0.0810. The van der Waals surface area contributed by atoms with Crippen LogP contribution in [0.2, 0.25) is 0 Å².